The Morgan fingerprint density at radius 1 is 0.840 bits per heavy atom. The molecule has 0 saturated heterocycles. The molecule has 1 aromatic heterocycles. The lowest BCUT2D eigenvalue weighted by molar-refractivity contribution is -0.185. The molecule has 5 aromatic rings. The van der Waals surface area contributed by atoms with Gasteiger partial charge in [0.05, 0.1) is 41.6 Å². The van der Waals surface area contributed by atoms with Gasteiger partial charge >= 0.3 is 17.9 Å². The van der Waals surface area contributed by atoms with Crippen molar-refractivity contribution in [3.63, 3.8) is 0 Å². The van der Waals surface area contributed by atoms with Gasteiger partial charge in [-0.1, -0.05) is 30.3 Å². The molecule has 50 heavy (non-hydrogen) atoms. The van der Waals surface area contributed by atoms with Crippen LogP contribution in [0.3, 0.4) is 0 Å². The number of aromatic nitrogens is 2. The third-order valence-corrected chi connectivity index (χ3v) is 8.42. The van der Waals surface area contributed by atoms with Gasteiger partial charge in [0.2, 0.25) is 6.79 Å². The van der Waals surface area contributed by atoms with Gasteiger partial charge in [-0.25, -0.2) is 14.4 Å². The Hall–Kier alpha value is -5.92. The molecule has 0 saturated carbocycles. The van der Waals surface area contributed by atoms with Crippen molar-refractivity contribution in [1.82, 2.24) is 8.75 Å². The summed E-state index contributed by atoms with van der Waals surface area (Å²) in [4.78, 5) is 46.8. The second-order valence-electron chi connectivity index (χ2n) is 11.0. The van der Waals surface area contributed by atoms with Crippen LogP contribution in [0.1, 0.15) is 61.6 Å². The summed E-state index contributed by atoms with van der Waals surface area (Å²) in [6.07, 6.45) is 0.900. The standard InChI is InChI=1S/C27H20N2O7S.C10H10O3/c1-2-33-25(30)16-5-3-15(4-6-16)11-19-24(17-7-9-20-21(12-17)29-37-28-20)26(31)36-27(19,32)18-8-10-22-23(13-18)35-14-34-22;1-2-13-10(12)9-5-3-8(7-11)4-6-9/h3-10,12-13,32H,2,11,14H2,1H3;3-7H,2H2,1H3. The number of carbonyl (C=O) groups is 4. The van der Waals surface area contributed by atoms with Crippen LogP contribution in [0.15, 0.2) is 90.5 Å². The minimum absolute atomic E-state index is 0.0689. The number of fused-ring (bicyclic) bond motifs is 2. The highest BCUT2D eigenvalue weighted by Crippen LogP contribution is 2.47. The predicted octanol–water partition coefficient (Wildman–Crippen LogP) is 5.67. The maximum Gasteiger partial charge on any atom is 0.342 e. The van der Waals surface area contributed by atoms with Crippen molar-refractivity contribution in [3.8, 4) is 11.5 Å². The second kappa shape index (κ2) is 14.7. The van der Waals surface area contributed by atoms with E-state index in [9.17, 15) is 24.3 Å². The van der Waals surface area contributed by atoms with Gasteiger partial charge in [0.15, 0.2) is 11.5 Å². The van der Waals surface area contributed by atoms with Crippen LogP contribution in [-0.2, 0) is 31.2 Å². The number of hydrogen-bond donors (Lipinski definition) is 1. The molecule has 2 aliphatic rings. The van der Waals surface area contributed by atoms with Crippen molar-refractivity contribution < 1.29 is 48.0 Å². The third kappa shape index (κ3) is 6.95. The van der Waals surface area contributed by atoms with E-state index in [2.05, 4.69) is 8.75 Å². The summed E-state index contributed by atoms with van der Waals surface area (Å²) < 4.78 is 34.9. The zero-order valence-corrected chi connectivity index (χ0v) is 27.7. The number of carbonyl (C=O) groups excluding carboxylic acids is 4. The Kier molecular flexibility index (Phi) is 9.97. The van der Waals surface area contributed by atoms with Crippen molar-refractivity contribution in [2.24, 2.45) is 0 Å². The van der Waals surface area contributed by atoms with Crippen LogP contribution < -0.4 is 9.47 Å². The molecule has 13 heteroatoms. The predicted molar refractivity (Wildman–Crippen MR) is 181 cm³/mol. The normalized spacial score (nSPS) is 16.0. The Labute approximate surface area is 290 Å². The number of rotatable bonds is 9. The summed E-state index contributed by atoms with van der Waals surface area (Å²) in [6.45, 7) is 4.19. The van der Waals surface area contributed by atoms with Gasteiger partial charge in [0.1, 0.15) is 17.3 Å². The zero-order valence-electron chi connectivity index (χ0n) is 26.9. The van der Waals surface area contributed by atoms with E-state index in [4.69, 9.17) is 23.7 Å². The fourth-order valence-electron chi connectivity index (χ4n) is 5.41. The average molecular weight is 695 g/mol. The van der Waals surface area contributed by atoms with Crippen molar-refractivity contribution in [2.75, 3.05) is 20.0 Å². The van der Waals surface area contributed by atoms with Crippen LogP contribution >= 0.6 is 11.7 Å². The van der Waals surface area contributed by atoms with E-state index in [1.54, 1.807) is 98.8 Å². The number of ether oxygens (including phenoxy) is 5. The van der Waals surface area contributed by atoms with E-state index < -0.39 is 17.7 Å². The minimum atomic E-state index is -2.05. The van der Waals surface area contributed by atoms with Crippen molar-refractivity contribution in [1.29, 1.82) is 0 Å². The Morgan fingerprint density at radius 2 is 1.48 bits per heavy atom. The van der Waals surface area contributed by atoms with Gasteiger partial charge in [0.25, 0.3) is 5.79 Å². The van der Waals surface area contributed by atoms with E-state index in [0.717, 1.165) is 23.6 Å². The van der Waals surface area contributed by atoms with Crippen molar-refractivity contribution >= 4 is 52.5 Å². The van der Waals surface area contributed by atoms with Crippen LogP contribution in [0.2, 0.25) is 0 Å². The summed E-state index contributed by atoms with van der Waals surface area (Å²) in [5.41, 5.74) is 5.00. The van der Waals surface area contributed by atoms with Crippen LogP contribution in [0, 0.1) is 0 Å². The number of esters is 3. The van der Waals surface area contributed by atoms with Crippen LogP contribution in [0.4, 0.5) is 0 Å². The van der Waals surface area contributed by atoms with Gasteiger partial charge in [-0.2, -0.15) is 8.75 Å². The molecular weight excluding hydrogens is 664 g/mol. The molecule has 254 valence electrons. The molecule has 12 nitrogen and oxygen atoms in total. The number of aliphatic hydroxyl groups is 1. The quantitative estimate of drug-likeness (QED) is 0.115. The highest BCUT2D eigenvalue weighted by atomic mass is 32.1. The molecule has 4 aromatic carbocycles. The van der Waals surface area contributed by atoms with Crippen molar-refractivity contribution in [2.45, 2.75) is 26.1 Å². The SMILES string of the molecule is CCOC(=O)c1ccc(C=O)cc1.CCOC(=O)c1ccc(CC2=C(c3ccc4nsnc4c3)C(=O)OC2(O)c2ccc3c(c2)OCO3)cc1. The molecule has 1 N–H and O–H groups in total. The molecule has 0 fully saturated rings. The molecule has 0 amide bonds. The molecule has 1 atom stereocenters. The smallest absolute Gasteiger partial charge is 0.342 e. The summed E-state index contributed by atoms with van der Waals surface area (Å²) >= 11 is 1.08. The topological polar surface area (TPSA) is 160 Å². The lowest BCUT2D eigenvalue weighted by atomic mass is 9.87. The Morgan fingerprint density at radius 3 is 2.14 bits per heavy atom. The number of hydrogen-bond acceptors (Lipinski definition) is 13. The summed E-state index contributed by atoms with van der Waals surface area (Å²) in [5, 5.41) is 11.9. The first-order chi connectivity index (χ1) is 24.2. The molecule has 0 bridgehead atoms. The highest BCUT2D eigenvalue weighted by Gasteiger charge is 2.48. The summed E-state index contributed by atoms with van der Waals surface area (Å²) in [7, 11) is 0. The van der Waals surface area contributed by atoms with E-state index >= 15 is 0 Å². The highest BCUT2D eigenvalue weighted by molar-refractivity contribution is 7.00. The number of benzene rings is 4. The van der Waals surface area contributed by atoms with E-state index in [-0.39, 0.29) is 31.4 Å². The first-order valence-corrected chi connectivity index (χ1v) is 16.3. The first-order valence-electron chi connectivity index (χ1n) is 15.5. The largest absolute Gasteiger partial charge is 0.462 e. The molecule has 2 aliphatic heterocycles. The fraction of sp³-hybridized carbons (Fsp3) is 0.189. The maximum absolute atomic E-state index is 13.3. The van der Waals surface area contributed by atoms with E-state index in [1.165, 1.54) is 0 Å². The molecule has 0 radical (unpaired) electrons. The molecule has 7 rings (SSSR count). The lowest BCUT2D eigenvalue weighted by Crippen LogP contribution is -2.29. The third-order valence-electron chi connectivity index (χ3n) is 7.87. The van der Waals surface area contributed by atoms with Gasteiger partial charge < -0.3 is 28.8 Å². The van der Waals surface area contributed by atoms with Crippen molar-refractivity contribution in [3.05, 3.63) is 124 Å². The van der Waals surface area contributed by atoms with Crippen LogP contribution in [-0.4, -0.2) is 58.1 Å². The number of nitrogens with zero attached hydrogens (tertiary/aromatic N) is 2. The lowest BCUT2D eigenvalue weighted by Gasteiger charge is -2.26. The van der Waals surface area contributed by atoms with E-state index in [0.29, 0.717) is 62.5 Å². The number of aldehydes is 1. The van der Waals surface area contributed by atoms with Gasteiger partial charge in [-0.3, -0.25) is 4.79 Å². The van der Waals surface area contributed by atoms with Crippen LogP contribution in [0.5, 0.6) is 11.5 Å². The maximum atomic E-state index is 13.3. The first kappa shape index (κ1) is 34.0. The summed E-state index contributed by atoms with van der Waals surface area (Å²) in [5.74, 6) is -2.51. The van der Waals surface area contributed by atoms with Gasteiger partial charge in [-0.05, 0) is 79.6 Å². The molecule has 0 spiro atoms. The Balaban J connectivity index is 0.000000281. The second-order valence-corrected chi connectivity index (χ2v) is 11.5. The molecular formula is C37H30N2O10S. The minimum Gasteiger partial charge on any atom is -0.462 e. The molecule has 1 unspecified atom stereocenters. The van der Waals surface area contributed by atoms with E-state index in [1.807, 2.05) is 0 Å². The molecule has 0 aliphatic carbocycles. The van der Waals surface area contributed by atoms with Gasteiger partial charge in [-0.15, -0.1) is 0 Å². The number of cyclic esters (lactones) is 1. The zero-order chi connectivity index (χ0) is 35.3. The fourth-order valence-corrected chi connectivity index (χ4v) is 5.92. The molecule has 3 heterocycles. The van der Waals surface area contributed by atoms with Crippen LogP contribution in [0.25, 0.3) is 16.6 Å². The average Bonchev–Trinajstić information content (AvgIpc) is 3.86. The Bertz CT molecular complexity index is 2110. The monoisotopic (exact) mass is 694 g/mol. The summed E-state index contributed by atoms with van der Waals surface area (Å²) in [6, 6.07) is 23.3. The van der Waals surface area contributed by atoms with Gasteiger partial charge in [0, 0.05) is 23.1 Å².